The molecule has 0 amide bonds. The van der Waals surface area contributed by atoms with Crippen molar-refractivity contribution in [3.63, 3.8) is 0 Å². The van der Waals surface area contributed by atoms with Crippen molar-refractivity contribution in [1.29, 1.82) is 0 Å². The van der Waals surface area contributed by atoms with E-state index in [2.05, 4.69) is 35.2 Å². The topological polar surface area (TPSA) is 4.93 Å². The number of nitrogens with zero attached hydrogens (tertiary/aromatic N) is 1. The first-order chi connectivity index (χ1) is 5.47. The van der Waals surface area contributed by atoms with Crippen LogP contribution in [0.1, 0.15) is 12.8 Å². The average molecular weight is 145 g/mol. The minimum Gasteiger partial charge on any atom is -0.324 e. The number of rotatable bonds is 1. The van der Waals surface area contributed by atoms with Crippen LogP contribution in [0.2, 0.25) is 0 Å². The maximum Gasteiger partial charge on any atom is 0.0406 e. The maximum atomic E-state index is 2.26. The van der Waals surface area contributed by atoms with E-state index in [0.717, 1.165) is 0 Å². The van der Waals surface area contributed by atoms with Gasteiger partial charge in [-0.1, -0.05) is 12.2 Å². The lowest BCUT2D eigenvalue weighted by Crippen LogP contribution is -1.92. The van der Waals surface area contributed by atoms with Crippen molar-refractivity contribution in [3.8, 4) is 0 Å². The third-order valence-corrected chi connectivity index (χ3v) is 1.88. The van der Waals surface area contributed by atoms with E-state index in [1.165, 1.54) is 18.5 Å². The van der Waals surface area contributed by atoms with E-state index in [1.54, 1.807) is 0 Å². The third-order valence-electron chi connectivity index (χ3n) is 1.88. The van der Waals surface area contributed by atoms with Crippen molar-refractivity contribution in [1.82, 2.24) is 4.57 Å². The molecule has 1 aliphatic carbocycles. The van der Waals surface area contributed by atoms with Gasteiger partial charge in [-0.25, -0.2) is 0 Å². The van der Waals surface area contributed by atoms with Crippen LogP contribution in [-0.2, 0) is 0 Å². The molecule has 0 saturated heterocycles. The van der Waals surface area contributed by atoms with Gasteiger partial charge in [0, 0.05) is 18.1 Å². The summed E-state index contributed by atoms with van der Waals surface area (Å²) in [5, 5.41) is 0. The van der Waals surface area contributed by atoms with Gasteiger partial charge in [-0.15, -0.1) is 0 Å². The Morgan fingerprint density at radius 1 is 1.09 bits per heavy atom. The van der Waals surface area contributed by atoms with Gasteiger partial charge in [0.2, 0.25) is 0 Å². The van der Waals surface area contributed by atoms with Gasteiger partial charge in [-0.05, 0) is 31.1 Å². The molecule has 0 fully saturated rings. The normalized spacial score (nSPS) is 16.5. The second-order valence-corrected chi connectivity index (χ2v) is 2.70. The second kappa shape index (κ2) is 2.79. The molecule has 1 aromatic heterocycles. The molecular formula is C10H11N. The van der Waals surface area contributed by atoms with Gasteiger partial charge in [0.15, 0.2) is 0 Å². The number of allylic oxidation sites excluding steroid dienone is 4. The Hall–Kier alpha value is -1.24. The first kappa shape index (κ1) is 6.47. The molecule has 0 N–H and O–H groups in total. The zero-order valence-electron chi connectivity index (χ0n) is 6.40. The predicted octanol–water partition coefficient (Wildman–Crippen LogP) is 2.68. The fourth-order valence-electron chi connectivity index (χ4n) is 1.30. The molecule has 11 heavy (non-hydrogen) atoms. The standard InChI is InChI=1S/C10H11N/c1-2-6-10(7-3-1)11-8-4-5-9-11/h2,4-9H,1,3H2. The molecule has 0 bridgehead atoms. The fourth-order valence-corrected chi connectivity index (χ4v) is 1.30. The van der Waals surface area contributed by atoms with Crippen molar-refractivity contribution < 1.29 is 0 Å². The summed E-state index contributed by atoms with van der Waals surface area (Å²) in [6, 6.07) is 4.09. The van der Waals surface area contributed by atoms with Gasteiger partial charge >= 0.3 is 0 Å². The Morgan fingerprint density at radius 3 is 2.55 bits per heavy atom. The molecule has 1 heteroatoms. The smallest absolute Gasteiger partial charge is 0.0406 e. The molecule has 56 valence electrons. The van der Waals surface area contributed by atoms with Crippen molar-refractivity contribution in [2.45, 2.75) is 12.8 Å². The Bertz CT molecular complexity index is 278. The van der Waals surface area contributed by atoms with Crippen LogP contribution in [0.25, 0.3) is 5.70 Å². The summed E-state index contributed by atoms with van der Waals surface area (Å²) in [6.07, 6.45) is 13.1. The van der Waals surface area contributed by atoms with E-state index < -0.39 is 0 Å². The van der Waals surface area contributed by atoms with Gasteiger partial charge in [0.05, 0.1) is 0 Å². The average Bonchev–Trinajstić information content (AvgIpc) is 2.58. The van der Waals surface area contributed by atoms with Gasteiger partial charge in [-0.3, -0.25) is 0 Å². The van der Waals surface area contributed by atoms with E-state index >= 15 is 0 Å². The lowest BCUT2D eigenvalue weighted by atomic mass is 10.1. The highest BCUT2D eigenvalue weighted by Gasteiger charge is 1.96. The lowest BCUT2D eigenvalue weighted by molar-refractivity contribution is 1.00. The van der Waals surface area contributed by atoms with Gasteiger partial charge in [0.1, 0.15) is 0 Å². The highest BCUT2D eigenvalue weighted by molar-refractivity contribution is 5.58. The van der Waals surface area contributed by atoms with Gasteiger partial charge in [0.25, 0.3) is 0 Å². The molecule has 2 rings (SSSR count). The van der Waals surface area contributed by atoms with Crippen molar-refractivity contribution in [2.24, 2.45) is 0 Å². The summed E-state index contributed by atoms with van der Waals surface area (Å²) in [7, 11) is 0. The molecule has 0 saturated carbocycles. The molecule has 1 heterocycles. The summed E-state index contributed by atoms with van der Waals surface area (Å²) < 4.78 is 2.13. The minimum absolute atomic E-state index is 1.17. The van der Waals surface area contributed by atoms with Crippen LogP contribution in [0.15, 0.2) is 42.8 Å². The largest absolute Gasteiger partial charge is 0.324 e. The van der Waals surface area contributed by atoms with Crippen molar-refractivity contribution in [2.75, 3.05) is 0 Å². The van der Waals surface area contributed by atoms with Gasteiger partial charge in [-0.2, -0.15) is 0 Å². The molecule has 0 radical (unpaired) electrons. The monoisotopic (exact) mass is 145 g/mol. The number of aromatic nitrogens is 1. The number of hydrogen-bond donors (Lipinski definition) is 0. The zero-order valence-corrected chi connectivity index (χ0v) is 6.40. The maximum absolute atomic E-state index is 2.26. The van der Waals surface area contributed by atoms with E-state index in [0.29, 0.717) is 0 Å². The first-order valence-electron chi connectivity index (χ1n) is 3.97. The summed E-state index contributed by atoms with van der Waals surface area (Å²) in [5.74, 6) is 0. The van der Waals surface area contributed by atoms with Crippen LogP contribution < -0.4 is 0 Å². The first-order valence-corrected chi connectivity index (χ1v) is 3.97. The number of hydrogen-bond acceptors (Lipinski definition) is 0. The molecule has 1 nitrogen and oxygen atoms in total. The van der Waals surface area contributed by atoms with Crippen LogP contribution in [0.4, 0.5) is 0 Å². The highest BCUT2D eigenvalue weighted by atomic mass is 14.9. The summed E-state index contributed by atoms with van der Waals surface area (Å²) in [4.78, 5) is 0. The van der Waals surface area contributed by atoms with Crippen molar-refractivity contribution >= 4 is 5.70 Å². The van der Waals surface area contributed by atoms with Crippen LogP contribution in [0.5, 0.6) is 0 Å². The SMILES string of the molecule is C1=CC(n2cccc2)=CCC1. The molecular weight excluding hydrogens is 134 g/mol. The fraction of sp³-hybridized carbons (Fsp3) is 0.200. The molecule has 0 unspecified atom stereocenters. The Labute approximate surface area is 66.7 Å². The Balaban J connectivity index is 2.29. The Kier molecular flexibility index (Phi) is 1.64. The van der Waals surface area contributed by atoms with E-state index in [-0.39, 0.29) is 0 Å². The van der Waals surface area contributed by atoms with Crippen LogP contribution in [0.3, 0.4) is 0 Å². The van der Waals surface area contributed by atoms with Crippen LogP contribution >= 0.6 is 0 Å². The molecule has 0 spiro atoms. The Morgan fingerprint density at radius 2 is 1.91 bits per heavy atom. The van der Waals surface area contributed by atoms with Crippen molar-refractivity contribution in [3.05, 3.63) is 42.8 Å². The van der Waals surface area contributed by atoms with Crippen LogP contribution in [-0.4, -0.2) is 4.57 Å². The molecule has 1 aliphatic rings. The predicted molar refractivity (Wildman–Crippen MR) is 47.1 cm³/mol. The van der Waals surface area contributed by atoms with Gasteiger partial charge < -0.3 is 4.57 Å². The van der Waals surface area contributed by atoms with E-state index in [1.807, 2.05) is 12.1 Å². The van der Waals surface area contributed by atoms with E-state index in [9.17, 15) is 0 Å². The second-order valence-electron chi connectivity index (χ2n) is 2.70. The summed E-state index contributed by atoms with van der Waals surface area (Å²) >= 11 is 0. The summed E-state index contributed by atoms with van der Waals surface area (Å²) in [5.41, 5.74) is 1.29. The van der Waals surface area contributed by atoms with Crippen LogP contribution in [0, 0.1) is 0 Å². The molecule has 0 aromatic carbocycles. The van der Waals surface area contributed by atoms with E-state index in [4.69, 9.17) is 0 Å². The lowest BCUT2D eigenvalue weighted by Gasteiger charge is -2.06. The molecule has 1 aromatic rings. The molecule has 0 atom stereocenters. The minimum atomic E-state index is 1.17. The zero-order chi connectivity index (χ0) is 7.52. The summed E-state index contributed by atoms with van der Waals surface area (Å²) in [6.45, 7) is 0. The quantitative estimate of drug-likeness (QED) is 0.572. The third kappa shape index (κ3) is 1.27. The highest BCUT2D eigenvalue weighted by Crippen LogP contribution is 2.14. The molecule has 0 aliphatic heterocycles.